The molecule has 0 amide bonds. The van der Waals surface area contributed by atoms with Gasteiger partial charge in [0.1, 0.15) is 0 Å². The van der Waals surface area contributed by atoms with E-state index in [-0.39, 0.29) is 40.0 Å². The quantitative estimate of drug-likeness (QED) is 0.440. The van der Waals surface area contributed by atoms with Gasteiger partial charge >= 0.3 is 23.1 Å². The second kappa shape index (κ2) is 8.36. The van der Waals surface area contributed by atoms with Crippen molar-refractivity contribution in [2.45, 2.75) is 6.92 Å². The van der Waals surface area contributed by atoms with Gasteiger partial charge in [0.25, 0.3) is 0 Å². The summed E-state index contributed by atoms with van der Waals surface area (Å²) in [5.74, 6) is 0.819. The number of benzene rings is 1. The molecule has 0 aliphatic heterocycles. The molecular weight excluding hydrogens is 216 g/mol. The molecule has 0 aromatic heterocycles. The minimum atomic E-state index is 0. The summed E-state index contributed by atoms with van der Waals surface area (Å²) < 4.78 is 5.15. The molecule has 1 aromatic rings. The third-order valence-corrected chi connectivity index (χ3v) is 0.980. The molecule has 0 bridgehead atoms. The summed E-state index contributed by atoms with van der Waals surface area (Å²) in [6.45, 7) is 2.67. The maximum atomic E-state index is 5.15. The molecule has 1 rings (SSSR count). The summed E-state index contributed by atoms with van der Waals surface area (Å²) in [5, 5.41) is 0. The molecule has 0 aliphatic carbocycles. The monoisotopic (exact) mass is 224 g/mol. The van der Waals surface area contributed by atoms with Crippen LogP contribution in [0, 0.1) is 6.07 Å². The SMILES string of the molecule is CCOc1[c-]cccc1.[Br-].[Mg+2]. The van der Waals surface area contributed by atoms with E-state index in [0.717, 1.165) is 5.75 Å². The van der Waals surface area contributed by atoms with Gasteiger partial charge in [-0.1, -0.05) is 0 Å². The van der Waals surface area contributed by atoms with Crippen LogP contribution >= 0.6 is 0 Å². The van der Waals surface area contributed by atoms with Crippen LogP contribution in [0.2, 0.25) is 0 Å². The van der Waals surface area contributed by atoms with Gasteiger partial charge in [0.15, 0.2) is 0 Å². The van der Waals surface area contributed by atoms with Crippen LogP contribution in [0.1, 0.15) is 6.92 Å². The molecule has 0 saturated heterocycles. The summed E-state index contributed by atoms with van der Waals surface area (Å²) in [7, 11) is 0. The molecule has 1 nitrogen and oxygen atoms in total. The summed E-state index contributed by atoms with van der Waals surface area (Å²) in [5.41, 5.74) is 0. The van der Waals surface area contributed by atoms with E-state index in [9.17, 15) is 0 Å². The maximum absolute atomic E-state index is 5.15. The van der Waals surface area contributed by atoms with Gasteiger partial charge < -0.3 is 21.7 Å². The third kappa shape index (κ3) is 5.53. The van der Waals surface area contributed by atoms with Crippen LogP contribution in [-0.4, -0.2) is 29.7 Å². The smallest absolute Gasteiger partial charge is 1.00 e. The van der Waals surface area contributed by atoms with E-state index in [2.05, 4.69) is 6.07 Å². The first kappa shape index (κ1) is 13.8. The van der Waals surface area contributed by atoms with Gasteiger partial charge in [0.2, 0.25) is 0 Å². The van der Waals surface area contributed by atoms with Crippen molar-refractivity contribution in [2.75, 3.05) is 6.61 Å². The molecule has 0 saturated carbocycles. The van der Waals surface area contributed by atoms with E-state index in [4.69, 9.17) is 4.74 Å². The molecule has 11 heavy (non-hydrogen) atoms. The molecule has 0 spiro atoms. The van der Waals surface area contributed by atoms with Gasteiger partial charge in [-0.05, 0) is 6.92 Å². The van der Waals surface area contributed by atoms with Gasteiger partial charge in [-0.2, -0.15) is 18.2 Å². The van der Waals surface area contributed by atoms with Crippen LogP contribution in [0.4, 0.5) is 0 Å². The van der Waals surface area contributed by atoms with E-state index >= 15 is 0 Å². The van der Waals surface area contributed by atoms with Gasteiger partial charge in [0, 0.05) is 5.75 Å². The first-order valence-electron chi connectivity index (χ1n) is 3.03. The number of para-hydroxylation sites is 1. The zero-order valence-corrected chi connectivity index (χ0v) is 9.51. The Balaban J connectivity index is 0. The predicted octanol–water partition coefficient (Wildman–Crippen LogP) is -1.49. The Hall–Kier alpha value is 0.266. The Morgan fingerprint density at radius 1 is 1.45 bits per heavy atom. The minimum absolute atomic E-state index is 0. The van der Waals surface area contributed by atoms with Crippen molar-refractivity contribution < 1.29 is 21.7 Å². The number of hydrogen-bond acceptors (Lipinski definition) is 1. The molecule has 0 N–H and O–H groups in total. The Kier molecular flexibility index (Phi) is 10.5. The first-order valence-corrected chi connectivity index (χ1v) is 3.03. The topological polar surface area (TPSA) is 9.23 Å². The molecule has 0 radical (unpaired) electrons. The minimum Gasteiger partial charge on any atom is -1.00 e. The van der Waals surface area contributed by atoms with Gasteiger partial charge in [0.05, 0.1) is 6.61 Å². The predicted molar refractivity (Wildman–Crippen MR) is 42.2 cm³/mol. The fourth-order valence-corrected chi connectivity index (χ4v) is 0.622. The van der Waals surface area contributed by atoms with Crippen LogP contribution in [-0.2, 0) is 0 Å². The zero-order valence-electron chi connectivity index (χ0n) is 6.51. The van der Waals surface area contributed by atoms with Gasteiger partial charge in [-0.25, -0.2) is 0 Å². The van der Waals surface area contributed by atoms with Crippen molar-refractivity contribution in [3.8, 4) is 5.75 Å². The van der Waals surface area contributed by atoms with Crippen molar-refractivity contribution in [3.05, 3.63) is 30.3 Å². The van der Waals surface area contributed by atoms with E-state index in [1.54, 1.807) is 0 Å². The second-order valence-electron chi connectivity index (χ2n) is 1.66. The van der Waals surface area contributed by atoms with E-state index in [1.165, 1.54) is 0 Å². The number of ether oxygens (including phenoxy) is 1. The number of rotatable bonds is 2. The Bertz CT molecular complexity index is 167. The summed E-state index contributed by atoms with van der Waals surface area (Å²) in [6.07, 6.45) is 0. The second-order valence-corrected chi connectivity index (χ2v) is 1.66. The van der Waals surface area contributed by atoms with Crippen molar-refractivity contribution >= 4 is 23.1 Å². The Morgan fingerprint density at radius 2 is 2.18 bits per heavy atom. The van der Waals surface area contributed by atoms with Gasteiger partial charge in [-0.15, -0.1) is 12.1 Å². The maximum Gasteiger partial charge on any atom is 2.00 e. The molecule has 0 aliphatic rings. The van der Waals surface area contributed by atoms with Gasteiger partial charge in [-0.3, -0.25) is 0 Å². The molecule has 0 fully saturated rings. The van der Waals surface area contributed by atoms with Crippen LogP contribution < -0.4 is 21.7 Å². The van der Waals surface area contributed by atoms with Crippen molar-refractivity contribution in [3.63, 3.8) is 0 Å². The van der Waals surface area contributed by atoms with E-state index in [0.29, 0.717) is 6.61 Å². The number of hydrogen-bond donors (Lipinski definition) is 0. The molecule has 0 unspecified atom stereocenters. The van der Waals surface area contributed by atoms with Crippen LogP contribution in [0.3, 0.4) is 0 Å². The van der Waals surface area contributed by atoms with E-state index < -0.39 is 0 Å². The third-order valence-electron chi connectivity index (χ3n) is 0.980. The van der Waals surface area contributed by atoms with Crippen LogP contribution in [0.15, 0.2) is 24.3 Å². The summed E-state index contributed by atoms with van der Waals surface area (Å²) in [4.78, 5) is 0. The zero-order chi connectivity index (χ0) is 6.53. The first-order chi connectivity index (χ1) is 4.43. The molecular formula is C8H9BrMgO. The average molecular weight is 225 g/mol. The van der Waals surface area contributed by atoms with Crippen molar-refractivity contribution in [2.24, 2.45) is 0 Å². The molecule has 1 aromatic carbocycles. The van der Waals surface area contributed by atoms with Crippen LogP contribution in [0.25, 0.3) is 0 Å². The van der Waals surface area contributed by atoms with E-state index in [1.807, 2.05) is 31.2 Å². The molecule has 0 heterocycles. The Morgan fingerprint density at radius 3 is 2.64 bits per heavy atom. The van der Waals surface area contributed by atoms with Crippen molar-refractivity contribution in [1.82, 2.24) is 0 Å². The average Bonchev–Trinajstić information content (AvgIpc) is 1.91. The Labute approximate surface area is 94.1 Å². The number of halogens is 1. The molecule has 56 valence electrons. The normalized spacial score (nSPS) is 7.36. The fraction of sp³-hybridized carbons (Fsp3) is 0.250. The van der Waals surface area contributed by atoms with Crippen molar-refractivity contribution in [1.29, 1.82) is 0 Å². The fourth-order valence-electron chi connectivity index (χ4n) is 0.622. The molecule has 0 atom stereocenters. The summed E-state index contributed by atoms with van der Waals surface area (Å²) >= 11 is 0. The largest absolute Gasteiger partial charge is 2.00 e. The standard InChI is InChI=1S/C8H9O.BrH.Mg/c1-2-9-8-6-4-3-5-7-8;;/h3-6H,2H2,1H3;1H;/q-1;;+2/p-1. The van der Waals surface area contributed by atoms with Crippen LogP contribution in [0.5, 0.6) is 5.75 Å². The summed E-state index contributed by atoms with van der Waals surface area (Å²) in [6, 6.07) is 10.5. The molecule has 3 heteroatoms.